The topological polar surface area (TPSA) is 20.3 Å². The molecule has 2 heteroatoms. The molecule has 1 unspecified atom stereocenters. The summed E-state index contributed by atoms with van der Waals surface area (Å²) in [7, 11) is 0. The maximum absolute atomic E-state index is 12.8. The van der Waals surface area contributed by atoms with Crippen LogP contribution in [0.4, 0.5) is 0 Å². The van der Waals surface area contributed by atoms with E-state index in [2.05, 4.69) is 61.2 Å². The molecule has 1 heterocycles. The number of aryl methyl sites for hydroxylation is 1. The van der Waals surface area contributed by atoms with Gasteiger partial charge in [0.2, 0.25) is 0 Å². The number of piperidine rings is 1. The summed E-state index contributed by atoms with van der Waals surface area (Å²) < 4.78 is 0. The van der Waals surface area contributed by atoms with E-state index < -0.39 is 0 Å². The van der Waals surface area contributed by atoms with Crippen molar-refractivity contribution < 1.29 is 4.79 Å². The Kier molecular flexibility index (Phi) is 6.04. The summed E-state index contributed by atoms with van der Waals surface area (Å²) in [5, 5.41) is 0. The molecule has 0 aliphatic carbocycles. The van der Waals surface area contributed by atoms with Gasteiger partial charge in [-0.25, -0.2) is 0 Å². The Hall–Kier alpha value is -1.93. The van der Waals surface area contributed by atoms with Gasteiger partial charge < -0.3 is 0 Å². The molecule has 1 atom stereocenters. The second-order valence-corrected chi connectivity index (χ2v) is 7.26. The molecule has 1 saturated heterocycles. The Morgan fingerprint density at radius 2 is 1.64 bits per heavy atom. The lowest BCUT2D eigenvalue weighted by Gasteiger charge is -2.35. The largest absolute Gasteiger partial charge is 0.293 e. The Balaban J connectivity index is 1.53. The van der Waals surface area contributed by atoms with Crippen LogP contribution in [0.15, 0.2) is 54.6 Å². The highest BCUT2D eigenvalue weighted by Crippen LogP contribution is 2.24. The Bertz CT molecular complexity index is 669. The number of nitrogens with zero attached hydrogens (tertiary/aromatic N) is 1. The number of rotatable bonds is 6. The van der Waals surface area contributed by atoms with Crippen LogP contribution < -0.4 is 0 Å². The number of hydrogen-bond acceptors (Lipinski definition) is 2. The van der Waals surface area contributed by atoms with Gasteiger partial charge in [-0.1, -0.05) is 61.5 Å². The average Bonchev–Trinajstić information content (AvgIpc) is 2.68. The van der Waals surface area contributed by atoms with Gasteiger partial charge in [0.1, 0.15) is 0 Å². The van der Waals surface area contributed by atoms with Gasteiger partial charge in [-0.2, -0.15) is 0 Å². The lowest BCUT2D eigenvalue weighted by molar-refractivity contribution is 0.0771. The highest BCUT2D eigenvalue weighted by Gasteiger charge is 2.27. The fourth-order valence-corrected chi connectivity index (χ4v) is 3.80. The molecule has 0 N–H and O–H groups in total. The van der Waals surface area contributed by atoms with Gasteiger partial charge in [-0.15, -0.1) is 0 Å². The second kappa shape index (κ2) is 8.44. The van der Waals surface area contributed by atoms with E-state index in [1.54, 1.807) is 0 Å². The van der Waals surface area contributed by atoms with E-state index in [1.165, 1.54) is 24.0 Å². The molecule has 2 nitrogen and oxygen atoms in total. The third-order valence-electron chi connectivity index (χ3n) is 5.59. The van der Waals surface area contributed by atoms with E-state index in [4.69, 9.17) is 0 Å². The van der Waals surface area contributed by atoms with Gasteiger partial charge in [0.15, 0.2) is 5.78 Å². The highest BCUT2D eigenvalue weighted by molar-refractivity contribution is 5.99. The zero-order valence-electron chi connectivity index (χ0n) is 15.4. The first-order valence-electron chi connectivity index (χ1n) is 9.58. The first-order chi connectivity index (χ1) is 12.2. The second-order valence-electron chi connectivity index (χ2n) is 7.26. The molecule has 2 aromatic rings. The molecule has 1 aliphatic rings. The predicted octanol–water partition coefficient (Wildman–Crippen LogP) is 4.77. The number of carbonyl (C=O) groups excluding carboxylic acids is 1. The number of Topliss-reactive ketones (excluding diaryl/α,β-unsaturated/α-hetero) is 1. The van der Waals surface area contributed by atoms with E-state index in [1.807, 2.05) is 12.1 Å². The van der Waals surface area contributed by atoms with Gasteiger partial charge in [0.25, 0.3) is 0 Å². The first kappa shape index (κ1) is 17.9. The number of benzene rings is 2. The molecule has 3 rings (SSSR count). The van der Waals surface area contributed by atoms with Crippen molar-refractivity contribution in [2.24, 2.45) is 5.92 Å². The van der Waals surface area contributed by atoms with Gasteiger partial charge >= 0.3 is 0 Å². The maximum atomic E-state index is 12.8. The molecule has 1 aliphatic heterocycles. The van der Waals surface area contributed by atoms with E-state index in [0.717, 1.165) is 37.4 Å². The van der Waals surface area contributed by atoms with Crippen LogP contribution in [0.3, 0.4) is 0 Å². The molecule has 0 saturated carbocycles. The van der Waals surface area contributed by atoms with Gasteiger partial charge in [-0.3, -0.25) is 9.69 Å². The van der Waals surface area contributed by atoms with Gasteiger partial charge in [-0.05, 0) is 62.7 Å². The minimum absolute atomic E-state index is 0.0230. The van der Waals surface area contributed by atoms with E-state index >= 15 is 0 Å². The Morgan fingerprint density at radius 3 is 2.24 bits per heavy atom. The van der Waals surface area contributed by atoms with Crippen molar-refractivity contribution in [1.82, 2.24) is 4.90 Å². The molecule has 132 valence electrons. The quantitative estimate of drug-likeness (QED) is 0.708. The van der Waals surface area contributed by atoms with Crippen LogP contribution in [0.25, 0.3) is 0 Å². The van der Waals surface area contributed by atoms with Gasteiger partial charge in [0, 0.05) is 5.56 Å². The van der Waals surface area contributed by atoms with Crippen molar-refractivity contribution in [3.63, 3.8) is 0 Å². The Morgan fingerprint density at radius 1 is 1.00 bits per heavy atom. The van der Waals surface area contributed by atoms with Crippen LogP contribution in [0.5, 0.6) is 0 Å². The van der Waals surface area contributed by atoms with Crippen LogP contribution in [0.1, 0.15) is 48.2 Å². The SMILES string of the molecule is CCc1ccc(C(=O)C(C)N2CCC(Cc3ccccc3)CC2)cc1. The molecule has 1 fully saturated rings. The van der Waals surface area contributed by atoms with Crippen molar-refractivity contribution in [3.05, 3.63) is 71.3 Å². The molecule has 2 aromatic carbocycles. The average molecular weight is 335 g/mol. The van der Waals surface area contributed by atoms with Crippen LogP contribution in [0, 0.1) is 5.92 Å². The lowest BCUT2D eigenvalue weighted by atomic mass is 9.89. The fourth-order valence-electron chi connectivity index (χ4n) is 3.80. The molecular weight excluding hydrogens is 306 g/mol. The summed E-state index contributed by atoms with van der Waals surface area (Å²) in [6.45, 7) is 6.25. The Labute approximate surface area is 151 Å². The minimum atomic E-state index is -0.0230. The number of carbonyl (C=O) groups is 1. The zero-order valence-corrected chi connectivity index (χ0v) is 15.4. The minimum Gasteiger partial charge on any atom is -0.293 e. The summed E-state index contributed by atoms with van der Waals surface area (Å²) in [6, 6.07) is 18.9. The van der Waals surface area contributed by atoms with E-state index in [0.29, 0.717) is 0 Å². The lowest BCUT2D eigenvalue weighted by Crippen LogP contribution is -2.44. The monoisotopic (exact) mass is 335 g/mol. The summed E-state index contributed by atoms with van der Waals surface area (Å²) in [6.07, 6.45) is 4.54. The van der Waals surface area contributed by atoms with Crippen LogP contribution >= 0.6 is 0 Å². The normalized spacial score (nSPS) is 17.4. The maximum Gasteiger partial charge on any atom is 0.179 e. The van der Waals surface area contributed by atoms with E-state index in [-0.39, 0.29) is 11.8 Å². The smallest absolute Gasteiger partial charge is 0.179 e. The molecule has 25 heavy (non-hydrogen) atoms. The first-order valence-corrected chi connectivity index (χ1v) is 9.58. The molecule has 0 spiro atoms. The van der Waals surface area contributed by atoms with Crippen molar-refractivity contribution in [3.8, 4) is 0 Å². The standard InChI is InChI=1S/C23H29NO/c1-3-19-9-11-22(12-10-19)23(25)18(2)24-15-13-21(14-16-24)17-20-7-5-4-6-8-20/h4-12,18,21H,3,13-17H2,1-2H3. The van der Waals surface area contributed by atoms with Crippen molar-refractivity contribution in [2.45, 2.75) is 45.6 Å². The third-order valence-corrected chi connectivity index (χ3v) is 5.59. The number of ketones is 1. The van der Waals surface area contributed by atoms with Crippen LogP contribution in [0.2, 0.25) is 0 Å². The zero-order chi connectivity index (χ0) is 17.6. The summed E-state index contributed by atoms with van der Waals surface area (Å²) >= 11 is 0. The van der Waals surface area contributed by atoms with Crippen molar-refractivity contribution >= 4 is 5.78 Å². The number of likely N-dealkylation sites (tertiary alicyclic amines) is 1. The molecular formula is C23H29NO. The molecule has 0 amide bonds. The third kappa shape index (κ3) is 4.58. The van der Waals surface area contributed by atoms with Crippen molar-refractivity contribution in [2.75, 3.05) is 13.1 Å². The van der Waals surface area contributed by atoms with Crippen molar-refractivity contribution in [1.29, 1.82) is 0 Å². The summed E-state index contributed by atoms with van der Waals surface area (Å²) in [4.78, 5) is 15.1. The molecule has 0 aromatic heterocycles. The number of hydrogen-bond donors (Lipinski definition) is 0. The highest BCUT2D eigenvalue weighted by atomic mass is 16.1. The molecule has 0 bridgehead atoms. The van der Waals surface area contributed by atoms with Gasteiger partial charge in [0.05, 0.1) is 6.04 Å². The molecule has 0 radical (unpaired) electrons. The fraction of sp³-hybridized carbons (Fsp3) is 0.435. The predicted molar refractivity (Wildman–Crippen MR) is 104 cm³/mol. The summed E-state index contributed by atoms with van der Waals surface area (Å²) in [5.41, 5.74) is 3.56. The van der Waals surface area contributed by atoms with E-state index in [9.17, 15) is 4.79 Å². The summed E-state index contributed by atoms with van der Waals surface area (Å²) in [5.74, 6) is 0.994. The van der Waals surface area contributed by atoms with Crippen LogP contribution in [-0.4, -0.2) is 29.8 Å². The van der Waals surface area contributed by atoms with Crippen LogP contribution in [-0.2, 0) is 12.8 Å².